The molecule has 0 atom stereocenters. The number of aromatic amines is 1. The van der Waals surface area contributed by atoms with Gasteiger partial charge in [-0.3, -0.25) is 0 Å². The molecule has 4 nitrogen and oxygen atoms in total. The Morgan fingerprint density at radius 3 is 2.59 bits per heavy atom. The maximum absolute atomic E-state index is 13.1. The highest BCUT2D eigenvalue weighted by Gasteiger charge is 2.12. The van der Waals surface area contributed by atoms with E-state index >= 15 is 0 Å². The van der Waals surface area contributed by atoms with Crippen LogP contribution in [0.5, 0.6) is 0 Å². The van der Waals surface area contributed by atoms with Gasteiger partial charge in [0.25, 0.3) is 0 Å². The number of aryl methyl sites for hydroxylation is 1. The second-order valence-corrected chi connectivity index (χ2v) is 5.19. The Kier molecular flexibility index (Phi) is 2.79. The van der Waals surface area contributed by atoms with Crippen molar-refractivity contribution in [2.75, 3.05) is 0 Å². The van der Waals surface area contributed by atoms with E-state index in [-0.39, 0.29) is 5.82 Å². The summed E-state index contributed by atoms with van der Waals surface area (Å²) in [5, 5.41) is 0. The third-order valence-electron chi connectivity index (χ3n) is 3.77. The second kappa shape index (κ2) is 4.80. The third-order valence-corrected chi connectivity index (χ3v) is 3.77. The fourth-order valence-electron chi connectivity index (χ4n) is 2.62. The zero-order valence-corrected chi connectivity index (χ0v) is 11.9. The monoisotopic (exact) mass is 292 g/mol. The first-order chi connectivity index (χ1) is 10.7. The number of benzene rings is 2. The normalized spacial score (nSPS) is 11.2. The Morgan fingerprint density at radius 1 is 1.00 bits per heavy atom. The molecule has 5 heteroatoms. The van der Waals surface area contributed by atoms with Gasteiger partial charge < -0.3 is 9.55 Å². The minimum atomic E-state index is -0.249. The molecule has 0 bridgehead atoms. The molecule has 0 saturated carbocycles. The summed E-state index contributed by atoms with van der Waals surface area (Å²) < 4.78 is 15.1. The number of rotatable bonds is 2. The van der Waals surface area contributed by atoms with Gasteiger partial charge in [0.15, 0.2) is 0 Å². The molecule has 0 spiro atoms. The average Bonchev–Trinajstić information content (AvgIpc) is 3.15. The highest BCUT2D eigenvalue weighted by molar-refractivity contribution is 5.85. The largest absolute Gasteiger partial charge is 0.344 e. The van der Waals surface area contributed by atoms with Crippen LogP contribution in [0.2, 0.25) is 0 Å². The van der Waals surface area contributed by atoms with Crippen LogP contribution in [0.25, 0.3) is 33.5 Å². The van der Waals surface area contributed by atoms with Crippen molar-refractivity contribution in [1.82, 2.24) is 19.5 Å². The SMILES string of the molecule is Cn1cnc2ccc(-c3nc[nH]c3-c3ccc(F)cc3)cc21. The minimum Gasteiger partial charge on any atom is -0.344 e. The van der Waals surface area contributed by atoms with Gasteiger partial charge in [0.1, 0.15) is 5.82 Å². The highest BCUT2D eigenvalue weighted by atomic mass is 19.1. The fraction of sp³-hybridized carbons (Fsp3) is 0.0588. The number of halogens is 1. The molecule has 0 radical (unpaired) electrons. The molecule has 0 amide bonds. The van der Waals surface area contributed by atoms with E-state index in [1.165, 1.54) is 12.1 Å². The van der Waals surface area contributed by atoms with Gasteiger partial charge in [-0.1, -0.05) is 6.07 Å². The van der Waals surface area contributed by atoms with Crippen molar-refractivity contribution in [3.05, 3.63) is 60.9 Å². The molecule has 108 valence electrons. The number of fused-ring (bicyclic) bond motifs is 1. The van der Waals surface area contributed by atoms with Gasteiger partial charge in [-0.2, -0.15) is 0 Å². The number of aromatic nitrogens is 4. The summed E-state index contributed by atoms with van der Waals surface area (Å²) in [5.74, 6) is -0.249. The zero-order chi connectivity index (χ0) is 15.1. The summed E-state index contributed by atoms with van der Waals surface area (Å²) in [6, 6.07) is 12.4. The Morgan fingerprint density at radius 2 is 1.77 bits per heavy atom. The van der Waals surface area contributed by atoms with Gasteiger partial charge in [0.05, 0.1) is 35.1 Å². The van der Waals surface area contributed by atoms with Crippen LogP contribution in [0.15, 0.2) is 55.1 Å². The molecule has 0 unspecified atom stereocenters. The summed E-state index contributed by atoms with van der Waals surface area (Å²) >= 11 is 0. The lowest BCUT2D eigenvalue weighted by atomic mass is 10.0. The summed E-state index contributed by atoms with van der Waals surface area (Å²) in [4.78, 5) is 11.9. The summed E-state index contributed by atoms with van der Waals surface area (Å²) in [6.45, 7) is 0. The number of nitrogens with zero attached hydrogens (tertiary/aromatic N) is 3. The van der Waals surface area contributed by atoms with Gasteiger partial charge in [0.2, 0.25) is 0 Å². The second-order valence-electron chi connectivity index (χ2n) is 5.19. The van der Waals surface area contributed by atoms with Gasteiger partial charge in [-0.25, -0.2) is 14.4 Å². The van der Waals surface area contributed by atoms with Crippen LogP contribution in [0.1, 0.15) is 0 Å². The maximum atomic E-state index is 13.1. The molecule has 22 heavy (non-hydrogen) atoms. The molecule has 4 aromatic rings. The van der Waals surface area contributed by atoms with E-state index in [0.717, 1.165) is 33.5 Å². The number of imidazole rings is 2. The quantitative estimate of drug-likeness (QED) is 0.611. The van der Waals surface area contributed by atoms with Crippen LogP contribution in [-0.2, 0) is 7.05 Å². The van der Waals surface area contributed by atoms with Crippen molar-refractivity contribution in [2.24, 2.45) is 7.05 Å². The van der Waals surface area contributed by atoms with Crippen LogP contribution in [0, 0.1) is 5.82 Å². The van der Waals surface area contributed by atoms with E-state index in [0.29, 0.717) is 0 Å². The minimum absolute atomic E-state index is 0.249. The molecular formula is C17H13FN4. The Hall–Kier alpha value is -2.95. The molecule has 2 aromatic heterocycles. The molecule has 0 aliphatic rings. The van der Waals surface area contributed by atoms with Crippen molar-refractivity contribution in [2.45, 2.75) is 0 Å². The van der Waals surface area contributed by atoms with Crippen molar-refractivity contribution >= 4 is 11.0 Å². The third kappa shape index (κ3) is 1.98. The Balaban J connectivity index is 1.87. The van der Waals surface area contributed by atoms with Crippen LogP contribution in [0.3, 0.4) is 0 Å². The molecule has 0 aliphatic carbocycles. The van der Waals surface area contributed by atoms with Gasteiger partial charge in [-0.05, 0) is 36.4 Å². The van der Waals surface area contributed by atoms with Crippen molar-refractivity contribution in [3.63, 3.8) is 0 Å². The van der Waals surface area contributed by atoms with Crippen molar-refractivity contribution < 1.29 is 4.39 Å². The highest BCUT2D eigenvalue weighted by Crippen LogP contribution is 2.30. The first kappa shape index (κ1) is 12.8. The van der Waals surface area contributed by atoms with Crippen molar-refractivity contribution in [1.29, 1.82) is 0 Å². The van der Waals surface area contributed by atoms with Gasteiger partial charge in [-0.15, -0.1) is 0 Å². The summed E-state index contributed by atoms with van der Waals surface area (Å²) in [5.41, 5.74) is 5.61. The average molecular weight is 292 g/mol. The first-order valence-corrected chi connectivity index (χ1v) is 6.93. The molecule has 0 aliphatic heterocycles. The molecule has 2 heterocycles. The lowest BCUT2D eigenvalue weighted by molar-refractivity contribution is 0.628. The predicted octanol–water partition coefficient (Wildman–Crippen LogP) is 3.77. The zero-order valence-electron chi connectivity index (χ0n) is 11.9. The van der Waals surface area contributed by atoms with Crippen molar-refractivity contribution in [3.8, 4) is 22.5 Å². The topological polar surface area (TPSA) is 46.5 Å². The summed E-state index contributed by atoms with van der Waals surface area (Å²) in [6.07, 6.45) is 3.45. The van der Waals surface area contributed by atoms with Crippen LogP contribution in [0.4, 0.5) is 4.39 Å². The standard InChI is InChI=1S/C17H13FN4/c1-22-10-21-14-7-4-12(8-15(14)22)17-16(19-9-20-17)11-2-5-13(18)6-3-11/h2-10H,1H3,(H,19,20). The molecule has 0 fully saturated rings. The first-order valence-electron chi connectivity index (χ1n) is 6.93. The summed E-state index contributed by atoms with van der Waals surface area (Å²) in [7, 11) is 1.96. The van der Waals surface area contributed by atoms with Crippen LogP contribution in [-0.4, -0.2) is 19.5 Å². The van der Waals surface area contributed by atoms with Gasteiger partial charge >= 0.3 is 0 Å². The van der Waals surface area contributed by atoms with E-state index in [9.17, 15) is 4.39 Å². The number of H-pyrrole nitrogens is 1. The van der Waals surface area contributed by atoms with E-state index < -0.39 is 0 Å². The molecule has 2 aromatic carbocycles. The number of hydrogen-bond donors (Lipinski definition) is 1. The smallest absolute Gasteiger partial charge is 0.123 e. The van der Waals surface area contributed by atoms with Crippen LogP contribution >= 0.6 is 0 Å². The predicted molar refractivity (Wildman–Crippen MR) is 83.7 cm³/mol. The Labute approximate surface area is 126 Å². The molecule has 0 saturated heterocycles. The van der Waals surface area contributed by atoms with E-state index in [1.807, 2.05) is 23.7 Å². The number of nitrogens with one attached hydrogen (secondary N) is 1. The lowest BCUT2D eigenvalue weighted by Crippen LogP contribution is -1.87. The molecule has 1 N–H and O–H groups in total. The lowest BCUT2D eigenvalue weighted by Gasteiger charge is -2.04. The maximum Gasteiger partial charge on any atom is 0.123 e. The van der Waals surface area contributed by atoms with Gasteiger partial charge in [0, 0.05) is 18.2 Å². The fourth-order valence-corrected chi connectivity index (χ4v) is 2.62. The molecule has 4 rings (SSSR count). The number of hydrogen-bond acceptors (Lipinski definition) is 2. The molecular weight excluding hydrogens is 279 g/mol. The van der Waals surface area contributed by atoms with E-state index in [4.69, 9.17) is 0 Å². The van der Waals surface area contributed by atoms with E-state index in [1.54, 1.807) is 24.8 Å². The van der Waals surface area contributed by atoms with E-state index in [2.05, 4.69) is 21.0 Å². The van der Waals surface area contributed by atoms with Crippen LogP contribution < -0.4 is 0 Å². The Bertz CT molecular complexity index is 950.